The number of aromatic nitrogens is 3. The molecule has 3 nitrogen and oxygen atoms in total. The monoisotopic (exact) mass is 108 g/mol. The Balaban J connectivity index is 2.83. The largest absolute Gasteiger partial charge is 0.238 e. The van der Waals surface area contributed by atoms with Crippen molar-refractivity contribution in [2.45, 2.75) is 6.42 Å². The maximum Gasteiger partial charge on any atom is 0.150 e. The molecule has 0 aromatic carbocycles. The van der Waals surface area contributed by atoms with E-state index in [0.717, 1.165) is 0 Å². The quantitative estimate of drug-likeness (QED) is 0.517. The van der Waals surface area contributed by atoms with Crippen LogP contribution in [-0.2, 0) is 6.42 Å². The predicted octanol–water partition coefficient (Wildman–Crippen LogP) is 0.248. The SMILES string of the molecule is [CH2]Cc1nccnn1. The molecule has 1 rings (SSSR count). The minimum Gasteiger partial charge on any atom is -0.238 e. The van der Waals surface area contributed by atoms with Crippen molar-refractivity contribution in [2.24, 2.45) is 0 Å². The summed E-state index contributed by atoms with van der Waals surface area (Å²) in [6, 6.07) is 0. The average molecular weight is 108 g/mol. The fourth-order valence-electron chi connectivity index (χ4n) is 0.390. The van der Waals surface area contributed by atoms with Crippen LogP contribution >= 0.6 is 0 Å². The molecule has 0 bridgehead atoms. The van der Waals surface area contributed by atoms with E-state index in [1.807, 2.05) is 0 Å². The maximum absolute atomic E-state index is 3.86. The first-order chi connectivity index (χ1) is 3.93. The second-order valence-electron chi connectivity index (χ2n) is 1.31. The van der Waals surface area contributed by atoms with Crippen LogP contribution in [0.25, 0.3) is 0 Å². The minimum absolute atomic E-state index is 0.605. The lowest BCUT2D eigenvalue weighted by atomic mass is 10.5. The summed E-state index contributed by atoms with van der Waals surface area (Å²) in [6.45, 7) is 3.59. The normalized spacial score (nSPS) is 9.12. The fourth-order valence-corrected chi connectivity index (χ4v) is 0.390. The van der Waals surface area contributed by atoms with E-state index in [4.69, 9.17) is 0 Å². The van der Waals surface area contributed by atoms with Crippen molar-refractivity contribution in [2.75, 3.05) is 0 Å². The molecule has 0 fully saturated rings. The highest BCUT2D eigenvalue weighted by atomic mass is 15.1. The van der Waals surface area contributed by atoms with Gasteiger partial charge in [0.15, 0.2) is 5.82 Å². The molecule has 0 aliphatic heterocycles. The van der Waals surface area contributed by atoms with Crippen molar-refractivity contribution in [3.63, 3.8) is 0 Å². The van der Waals surface area contributed by atoms with Crippen LogP contribution in [0.15, 0.2) is 12.4 Å². The van der Waals surface area contributed by atoms with Crippen molar-refractivity contribution in [3.8, 4) is 0 Å². The molecule has 0 saturated carbocycles. The van der Waals surface area contributed by atoms with Crippen LogP contribution < -0.4 is 0 Å². The Morgan fingerprint density at radius 2 is 2.38 bits per heavy atom. The molecule has 0 atom stereocenters. The number of rotatable bonds is 1. The summed E-state index contributed by atoms with van der Waals surface area (Å²) in [5.74, 6) is 0.688. The van der Waals surface area contributed by atoms with Gasteiger partial charge in [0.05, 0.1) is 6.20 Å². The van der Waals surface area contributed by atoms with Gasteiger partial charge in [-0.2, -0.15) is 5.10 Å². The summed E-state index contributed by atoms with van der Waals surface area (Å²) in [5.41, 5.74) is 0. The van der Waals surface area contributed by atoms with Crippen molar-refractivity contribution in [1.82, 2.24) is 15.2 Å². The third-order valence-corrected chi connectivity index (χ3v) is 0.754. The molecule has 0 aliphatic rings. The number of nitrogens with zero attached hydrogens (tertiary/aromatic N) is 3. The van der Waals surface area contributed by atoms with Crippen LogP contribution in [0.1, 0.15) is 5.82 Å². The maximum atomic E-state index is 3.86. The van der Waals surface area contributed by atoms with E-state index < -0.39 is 0 Å². The third kappa shape index (κ3) is 0.992. The van der Waals surface area contributed by atoms with Gasteiger partial charge in [-0.3, -0.25) is 0 Å². The first-order valence-corrected chi connectivity index (χ1v) is 2.35. The molecule has 0 saturated heterocycles. The first kappa shape index (κ1) is 5.15. The molecule has 1 aromatic heterocycles. The summed E-state index contributed by atoms with van der Waals surface area (Å²) in [5, 5.41) is 7.28. The highest BCUT2D eigenvalue weighted by molar-refractivity contribution is 4.81. The van der Waals surface area contributed by atoms with Crippen LogP contribution in [0.4, 0.5) is 0 Å². The molecule has 0 aliphatic carbocycles. The standard InChI is InChI=1S/C5H6N3/c1-2-5-6-3-4-7-8-5/h3-4H,1-2H2. The van der Waals surface area contributed by atoms with Gasteiger partial charge in [-0.1, -0.05) is 0 Å². The van der Waals surface area contributed by atoms with E-state index in [-0.39, 0.29) is 0 Å². The van der Waals surface area contributed by atoms with E-state index in [1.54, 1.807) is 12.4 Å². The minimum atomic E-state index is 0.605. The predicted molar refractivity (Wildman–Crippen MR) is 28.9 cm³/mol. The zero-order valence-electron chi connectivity index (χ0n) is 4.41. The Bertz CT molecular complexity index is 149. The lowest BCUT2D eigenvalue weighted by Gasteiger charge is -1.86. The lowest BCUT2D eigenvalue weighted by molar-refractivity contribution is 0.873. The first-order valence-electron chi connectivity index (χ1n) is 2.35. The van der Waals surface area contributed by atoms with Crippen molar-refractivity contribution in [3.05, 3.63) is 25.1 Å². The molecule has 0 spiro atoms. The summed E-state index contributed by atoms with van der Waals surface area (Å²) in [4.78, 5) is 3.86. The van der Waals surface area contributed by atoms with E-state index in [2.05, 4.69) is 22.1 Å². The van der Waals surface area contributed by atoms with Crippen LogP contribution in [0.3, 0.4) is 0 Å². The van der Waals surface area contributed by atoms with Gasteiger partial charge >= 0.3 is 0 Å². The summed E-state index contributed by atoms with van der Waals surface area (Å²) < 4.78 is 0. The van der Waals surface area contributed by atoms with Crippen LogP contribution in [-0.4, -0.2) is 15.2 Å². The Morgan fingerprint density at radius 3 is 2.75 bits per heavy atom. The van der Waals surface area contributed by atoms with Crippen LogP contribution in [0.2, 0.25) is 0 Å². The average Bonchev–Trinajstić information content (AvgIpc) is 1.90. The van der Waals surface area contributed by atoms with Gasteiger partial charge in [0.1, 0.15) is 0 Å². The molecule has 3 heteroatoms. The highest BCUT2D eigenvalue weighted by Gasteiger charge is 1.85. The van der Waals surface area contributed by atoms with Gasteiger partial charge in [0, 0.05) is 12.6 Å². The second-order valence-corrected chi connectivity index (χ2v) is 1.31. The number of hydrogen-bond donors (Lipinski definition) is 0. The van der Waals surface area contributed by atoms with Gasteiger partial charge in [-0.05, 0) is 6.92 Å². The molecular weight excluding hydrogens is 102 g/mol. The fraction of sp³-hybridized carbons (Fsp3) is 0.200. The van der Waals surface area contributed by atoms with Gasteiger partial charge in [0.25, 0.3) is 0 Å². The topological polar surface area (TPSA) is 38.7 Å². The second kappa shape index (κ2) is 2.35. The Labute approximate surface area is 47.8 Å². The van der Waals surface area contributed by atoms with Gasteiger partial charge in [0.2, 0.25) is 0 Å². The van der Waals surface area contributed by atoms with Gasteiger partial charge in [-0.15, -0.1) is 5.10 Å². The van der Waals surface area contributed by atoms with E-state index in [9.17, 15) is 0 Å². The molecular formula is C5H6N3. The Kier molecular flexibility index (Phi) is 1.51. The van der Waals surface area contributed by atoms with Gasteiger partial charge < -0.3 is 0 Å². The Hall–Kier alpha value is -0.990. The van der Waals surface area contributed by atoms with E-state index in [1.165, 1.54) is 0 Å². The number of hydrogen-bond acceptors (Lipinski definition) is 3. The molecule has 0 N–H and O–H groups in total. The van der Waals surface area contributed by atoms with E-state index >= 15 is 0 Å². The molecule has 1 radical (unpaired) electrons. The van der Waals surface area contributed by atoms with Crippen LogP contribution in [0, 0.1) is 6.92 Å². The summed E-state index contributed by atoms with van der Waals surface area (Å²) in [6.07, 6.45) is 3.75. The molecule has 1 heterocycles. The van der Waals surface area contributed by atoms with Crippen molar-refractivity contribution >= 4 is 0 Å². The van der Waals surface area contributed by atoms with Crippen molar-refractivity contribution in [1.29, 1.82) is 0 Å². The van der Waals surface area contributed by atoms with E-state index in [0.29, 0.717) is 12.2 Å². The molecule has 1 aromatic rings. The zero-order chi connectivity index (χ0) is 5.82. The molecule has 0 unspecified atom stereocenters. The Morgan fingerprint density at radius 1 is 1.50 bits per heavy atom. The lowest BCUT2D eigenvalue weighted by Crippen LogP contribution is -1.91. The molecule has 0 amide bonds. The van der Waals surface area contributed by atoms with Gasteiger partial charge in [-0.25, -0.2) is 4.98 Å². The van der Waals surface area contributed by atoms with Crippen LogP contribution in [0.5, 0.6) is 0 Å². The summed E-state index contributed by atoms with van der Waals surface area (Å²) in [7, 11) is 0. The smallest absolute Gasteiger partial charge is 0.150 e. The zero-order valence-corrected chi connectivity index (χ0v) is 4.41. The highest BCUT2D eigenvalue weighted by Crippen LogP contribution is 1.81. The molecule has 41 valence electrons. The summed E-state index contributed by atoms with van der Waals surface area (Å²) >= 11 is 0. The van der Waals surface area contributed by atoms with Crippen molar-refractivity contribution < 1.29 is 0 Å². The third-order valence-electron chi connectivity index (χ3n) is 0.754. The molecule has 8 heavy (non-hydrogen) atoms.